The second-order valence-electron chi connectivity index (χ2n) is 4.38. The first-order valence-corrected chi connectivity index (χ1v) is 5.23. The van der Waals surface area contributed by atoms with Gasteiger partial charge in [0.25, 0.3) is 0 Å². The van der Waals surface area contributed by atoms with Gasteiger partial charge in [0, 0.05) is 0 Å². The van der Waals surface area contributed by atoms with E-state index in [1.807, 2.05) is 0 Å². The zero-order valence-corrected chi connectivity index (χ0v) is 9.05. The third-order valence-electron chi connectivity index (χ3n) is 3.86. The van der Waals surface area contributed by atoms with Crippen LogP contribution < -0.4 is 0 Å². The van der Waals surface area contributed by atoms with Gasteiger partial charge in [-0.3, -0.25) is 0 Å². The summed E-state index contributed by atoms with van der Waals surface area (Å²) in [6.07, 6.45) is 2.78. The topological polar surface area (TPSA) is 9.23 Å². The summed E-state index contributed by atoms with van der Waals surface area (Å²) in [6, 6.07) is 0. The molecule has 72 valence electrons. The second kappa shape index (κ2) is 3.37. The normalized spacial score (nSPS) is 48.2. The summed E-state index contributed by atoms with van der Waals surface area (Å²) < 4.78 is 6.07. The molecule has 1 fully saturated rings. The van der Waals surface area contributed by atoms with E-state index in [0.29, 0.717) is 12.0 Å². The highest BCUT2D eigenvalue weighted by atomic mass is 16.5. The summed E-state index contributed by atoms with van der Waals surface area (Å²) in [6.45, 7) is 11.3. The maximum atomic E-state index is 6.07. The fourth-order valence-electron chi connectivity index (χ4n) is 2.30. The van der Waals surface area contributed by atoms with Crippen molar-refractivity contribution in [2.24, 2.45) is 11.8 Å². The van der Waals surface area contributed by atoms with Gasteiger partial charge in [-0.05, 0) is 31.6 Å². The van der Waals surface area contributed by atoms with Crippen molar-refractivity contribution in [3.63, 3.8) is 0 Å². The van der Waals surface area contributed by atoms with Crippen LogP contribution in [0, 0.1) is 11.8 Å². The van der Waals surface area contributed by atoms with Crippen LogP contribution in [-0.4, -0.2) is 11.7 Å². The second-order valence-corrected chi connectivity index (χ2v) is 4.38. The average molecular weight is 170 g/mol. The lowest BCUT2D eigenvalue weighted by atomic mass is 9.81. The lowest BCUT2D eigenvalue weighted by Crippen LogP contribution is -2.30. The van der Waals surface area contributed by atoms with E-state index >= 15 is 0 Å². The predicted molar refractivity (Wildman–Crippen MR) is 52.2 cm³/mol. The Hall–Kier alpha value is -0.0400. The molecule has 0 bridgehead atoms. The smallest absolute Gasteiger partial charge is 0.0684 e. The Balaban J connectivity index is 2.72. The molecule has 1 rings (SSSR count). The Morgan fingerprint density at radius 2 is 1.83 bits per heavy atom. The molecule has 0 aromatic heterocycles. The first-order chi connectivity index (χ1) is 5.55. The molecule has 4 atom stereocenters. The number of hydrogen-bond donors (Lipinski definition) is 0. The number of hydrogen-bond acceptors (Lipinski definition) is 1. The fraction of sp³-hybridized carbons (Fsp3) is 1.00. The van der Waals surface area contributed by atoms with Gasteiger partial charge in [0.15, 0.2) is 0 Å². The highest BCUT2D eigenvalue weighted by molar-refractivity contribution is 4.93. The standard InChI is InChI=1S/C11H22O/c1-6-10-8(3)9(4)11(5,7-2)12-10/h8-10H,6-7H2,1-5H3/t8?,9-,10-,11-/m1/s1. The molecule has 1 heteroatoms. The largest absolute Gasteiger partial charge is 0.372 e. The van der Waals surface area contributed by atoms with Gasteiger partial charge < -0.3 is 4.74 Å². The van der Waals surface area contributed by atoms with Crippen LogP contribution >= 0.6 is 0 Å². The Morgan fingerprint density at radius 1 is 1.25 bits per heavy atom. The van der Waals surface area contributed by atoms with Crippen molar-refractivity contribution in [1.29, 1.82) is 0 Å². The minimum Gasteiger partial charge on any atom is -0.372 e. The Kier molecular flexibility index (Phi) is 2.82. The van der Waals surface area contributed by atoms with Crippen LogP contribution in [0.1, 0.15) is 47.5 Å². The quantitative estimate of drug-likeness (QED) is 0.618. The van der Waals surface area contributed by atoms with E-state index in [2.05, 4.69) is 34.6 Å². The molecule has 0 N–H and O–H groups in total. The molecule has 0 spiro atoms. The fourth-order valence-corrected chi connectivity index (χ4v) is 2.30. The number of rotatable bonds is 2. The van der Waals surface area contributed by atoms with Crippen molar-refractivity contribution in [3.8, 4) is 0 Å². The predicted octanol–water partition coefficient (Wildman–Crippen LogP) is 3.24. The molecular formula is C11H22O. The Labute approximate surface area is 76.5 Å². The lowest BCUT2D eigenvalue weighted by molar-refractivity contribution is -0.0472. The minimum atomic E-state index is 0.139. The first kappa shape index (κ1) is 10.0. The number of ether oxygens (including phenoxy) is 1. The van der Waals surface area contributed by atoms with Gasteiger partial charge in [0.1, 0.15) is 0 Å². The van der Waals surface area contributed by atoms with Gasteiger partial charge in [-0.1, -0.05) is 27.7 Å². The molecular weight excluding hydrogens is 148 g/mol. The van der Waals surface area contributed by atoms with Gasteiger partial charge >= 0.3 is 0 Å². The highest BCUT2D eigenvalue weighted by Crippen LogP contribution is 2.42. The molecule has 12 heavy (non-hydrogen) atoms. The third-order valence-corrected chi connectivity index (χ3v) is 3.86. The molecule has 1 saturated heterocycles. The van der Waals surface area contributed by atoms with Crippen LogP contribution in [0.2, 0.25) is 0 Å². The van der Waals surface area contributed by atoms with Crippen molar-refractivity contribution in [2.45, 2.75) is 59.2 Å². The van der Waals surface area contributed by atoms with Crippen molar-refractivity contribution in [2.75, 3.05) is 0 Å². The minimum absolute atomic E-state index is 0.139. The first-order valence-electron chi connectivity index (χ1n) is 5.23. The van der Waals surface area contributed by atoms with Crippen LogP contribution in [0.4, 0.5) is 0 Å². The van der Waals surface area contributed by atoms with Crippen molar-refractivity contribution in [3.05, 3.63) is 0 Å². The Morgan fingerprint density at radius 3 is 2.08 bits per heavy atom. The highest BCUT2D eigenvalue weighted by Gasteiger charge is 2.45. The van der Waals surface area contributed by atoms with E-state index in [1.165, 1.54) is 0 Å². The molecule has 0 aliphatic carbocycles. The van der Waals surface area contributed by atoms with Gasteiger partial charge in [0.05, 0.1) is 11.7 Å². The summed E-state index contributed by atoms with van der Waals surface area (Å²) in [5, 5.41) is 0. The van der Waals surface area contributed by atoms with E-state index in [4.69, 9.17) is 4.74 Å². The maximum absolute atomic E-state index is 6.07. The molecule has 0 aromatic rings. The zero-order valence-electron chi connectivity index (χ0n) is 9.05. The molecule has 1 aliphatic rings. The summed E-state index contributed by atoms with van der Waals surface area (Å²) in [5.74, 6) is 1.42. The molecule has 1 heterocycles. The maximum Gasteiger partial charge on any atom is 0.0684 e. The third kappa shape index (κ3) is 1.39. The van der Waals surface area contributed by atoms with E-state index in [9.17, 15) is 0 Å². The van der Waals surface area contributed by atoms with E-state index in [0.717, 1.165) is 18.8 Å². The Bertz CT molecular complexity index is 155. The zero-order chi connectivity index (χ0) is 9.35. The van der Waals surface area contributed by atoms with Gasteiger partial charge in [-0.25, -0.2) is 0 Å². The molecule has 0 amide bonds. The molecule has 0 aromatic carbocycles. The summed E-state index contributed by atoms with van der Waals surface area (Å²) >= 11 is 0. The van der Waals surface area contributed by atoms with Crippen LogP contribution in [-0.2, 0) is 4.74 Å². The SMILES string of the molecule is CC[C@H]1O[C@](C)(CC)[C@H](C)C1C. The van der Waals surface area contributed by atoms with Gasteiger partial charge in [-0.2, -0.15) is 0 Å². The van der Waals surface area contributed by atoms with Crippen LogP contribution in [0.3, 0.4) is 0 Å². The van der Waals surface area contributed by atoms with E-state index in [-0.39, 0.29) is 5.60 Å². The molecule has 1 nitrogen and oxygen atoms in total. The van der Waals surface area contributed by atoms with Gasteiger partial charge in [0.2, 0.25) is 0 Å². The van der Waals surface area contributed by atoms with Crippen molar-refractivity contribution >= 4 is 0 Å². The van der Waals surface area contributed by atoms with Crippen LogP contribution in [0.15, 0.2) is 0 Å². The molecule has 1 unspecified atom stereocenters. The van der Waals surface area contributed by atoms with Crippen molar-refractivity contribution < 1.29 is 4.74 Å². The molecule has 1 aliphatic heterocycles. The summed E-state index contributed by atoms with van der Waals surface area (Å²) in [4.78, 5) is 0. The van der Waals surface area contributed by atoms with Crippen LogP contribution in [0.25, 0.3) is 0 Å². The summed E-state index contributed by atoms with van der Waals surface area (Å²) in [5.41, 5.74) is 0.139. The van der Waals surface area contributed by atoms with Gasteiger partial charge in [-0.15, -0.1) is 0 Å². The van der Waals surface area contributed by atoms with E-state index < -0.39 is 0 Å². The van der Waals surface area contributed by atoms with Crippen LogP contribution in [0.5, 0.6) is 0 Å². The lowest BCUT2D eigenvalue weighted by Gasteiger charge is -2.27. The molecule has 0 radical (unpaired) electrons. The monoisotopic (exact) mass is 170 g/mol. The molecule has 0 saturated carbocycles. The van der Waals surface area contributed by atoms with E-state index in [1.54, 1.807) is 0 Å². The average Bonchev–Trinajstić information content (AvgIpc) is 2.31. The summed E-state index contributed by atoms with van der Waals surface area (Å²) in [7, 11) is 0. The van der Waals surface area contributed by atoms with Crippen molar-refractivity contribution in [1.82, 2.24) is 0 Å².